The van der Waals surface area contributed by atoms with Crippen LogP contribution in [0.1, 0.15) is 27.5 Å². The Kier molecular flexibility index (Phi) is 5.47. The summed E-state index contributed by atoms with van der Waals surface area (Å²) in [5.41, 5.74) is 4.26. The topological polar surface area (TPSA) is 74.2 Å². The van der Waals surface area contributed by atoms with E-state index in [0.29, 0.717) is 22.8 Å². The highest BCUT2D eigenvalue weighted by Gasteiger charge is 2.21. The lowest BCUT2D eigenvalue weighted by atomic mass is 9.90. The summed E-state index contributed by atoms with van der Waals surface area (Å²) in [5.74, 6) is -1.34. The normalized spacial score (nSPS) is 15.6. The lowest BCUT2D eigenvalue weighted by Gasteiger charge is -2.28. The Morgan fingerprint density at radius 3 is 2.93 bits per heavy atom. The molecule has 0 unspecified atom stereocenters. The minimum absolute atomic E-state index is 0.00437. The Labute approximate surface area is 172 Å². The van der Waals surface area contributed by atoms with Gasteiger partial charge in [-0.1, -0.05) is 29.8 Å². The second kappa shape index (κ2) is 8.19. The molecular formula is C22H19ClFN3O2. The molecule has 0 radical (unpaired) electrons. The van der Waals surface area contributed by atoms with E-state index in [4.69, 9.17) is 11.6 Å². The maximum Gasteiger partial charge on any atom is 0.337 e. The van der Waals surface area contributed by atoms with Gasteiger partial charge < -0.3 is 15.7 Å². The number of aromatic nitrogens is 1. The van der Waals surface area contributed by atoms with Crippen LogP contribution in [-0.2, 0) is 6.42 Å². The number of carboxylic acid groups (broad SMARTS) is 1. The molecule has 0 aliphatic carbocycles. The van der Waals surface area contributed by atoms with E-state index in [-0.39, 0.29) is 17.4 Å². The zero-order chi connectivity index (χ0) is 20.4. The molecule has 0 fully saturated rings. The minimum atomic E-state index is -0.999. The smallest absolute Gasteiger partial charge is 0.337 e. The highest BCUT2D eigenvalue weighted by atomic mass is 35.5. The molecule has 2 aromatic carbocycles. The molecule has 3 aromatic rings. The molecule has 1 aromatic heterocycles. The number of halogens is 2. The number of anilines is 1. The third-order valence-corrected chi connectivity index (χ3v) is 5.33. The molecule has 1 atom stereocenters. The Morgan fingerprint density at radius 2 is 2.14 bits per heavy atom. The number of pyridine rings is 1. The number of nitrogens with one attached hydrogen (secondary N) is 2. The number of carboxylic acids is 1. The summed E-state index contributed by atoms with van der Waals surface area (Å²) in [7, 11) is 0. The summed E-state index contributed by atoms with van der Waals surface area (Å²) in [5, 5.41) is 16.3. The number of aromatic carboxylic acids is 1. The number of carbonyl (C=O) groups is 1. The van der Waals surface area contributed by atoms with E-state index in [2.05, 4.69) is 15.6 Å². The van der Waals surface area contributed by atoms with Crippen LogP contribution in [0.15, 0.2) is 54.9 Å². The molecule has 148 valence electrons. The average molecular weight is 412 g/mol. The van der Waals surface area contributed by atoms with Gasteiger partial charge in [-0.05, 0) is 53.9 Å². The van der Waals surface area contributed by atoms with E-state index < -0.39 is 5.97 Å². The van der Waals surface area contributed by atoms with Crippen molar-refractivity contribution >= 4 is 23.3 Å². The molecule has 3 N–H and O–H groups in total. The first-order chi connectivity index (χ1) is 14.0. The molecule has 0 saturated carbocycles. The molecule has 0 bridgehead atoms. The summed E-state index contributed by atoms with van der Waals surface area (Å²) in [6.45, 7) is 1.29. The van der Waals surface area contributed by atoms with Crippen LogP contribution in [0.5, 0.6) is 0 Å². The molecule has 0 spiro atoms. The molecule has 0 amide bonds. The van der Waals surface area contributed by atoms with Crippen LogP contribution in [0, 0.1) is 5.82 Å². The molecule has 7 heteroatoms. The average Bonchev–Trinajstić information content (AvgIpc) is 2.72. The fraction of sp³-hybridized carbons (Fsp3) is 0.182. The third-order valence-electron chi connectivity index (χ3n) is 5.09. The van der Waals surface area contributed by atoms with Gasteiger partial charge in [-0.15, -0.1) is 0 Å². The standard InChI is InChI=1S/C22H19ClFN3O2/c23-15-2-4-16(19(24)10-15)13-1-3-17-14(9-13)5-8-26-21(17)12-27-20-11-25-7-6-18(20)22(28)29/h1-4,6-7,9-11,21,26-27H,5,8,12H2,(H,28,29)/t21-/m1/s1. The first-order valence-corrected chi connectivity index (χ1v) is 9.63. The monoisotopic (exact) mass is 411 g/mol. The maximum atomic E-state index is 14.3. The SMILES string of the molecule is O=C(O)c1ccncc1NC[C@H]1NCCc2cc(-c3ccc(Cl)cc3F)ccc21. The molecule has 29 heavy (non-hydrogen) atoms. The number of nitrogens with zero attached hydrogens (tertiary/aromatic N) is 1. The van der Waals surface area contributed by atoms with Gasteiger partial charge in [0, 0.05) is 29.4 Å². The zero-order valence-electron chi connectivity index (χ0n) is 15.5. The number of benzene rings is 2. The summed E-state index contributed by atoms with van der Waals surface area (Å²) >= 11 is 5.86. The van der Waals surface area contributed by atoms with Crippen molar-refractivity contribution in [2.45, 2.75) is 12.5 Å². The highest BCUT2D eigenvalue weighted by Crippen LogP contribution is 2.31. The van der Waals surface area contributed by atoms with Crippen LogP contribution < -0.4 is 10.6 Å². The third kappa shape index (κ3) is 4.09. The van der Waals surface area contributed by atoms with Gasteiger partial charge >= 0.3 is 5.97 Å². The van der Waals surface area contributed by atoms with Crippen LogP contribution in [0.2, 0.25) is 5.02 Å². The van der Waals surface area contributed by atoms with Crippen LogP contribution in [0.3, 0.4) is 0 Å². The molecule has 2 heterocycles. The first kappa shape index (κ1) is 19.4. The van der Waals surface area contributed by atoms with Gasteiger partial charge in [0.1, 0.15) is 5.82 Å². The lowest BCUT2D eigenvalue weighted by Crippen LogP contribution is -2.34. The highest BCUT2D eigenvalue weighted by molar-refractivity contribution is 6.30. The maximum absolute atomic E-state index is 14.3. The lowest BCUT2D eigenvalue weighted by molar-refractivity contribution is 0.0697. The molecule has 1 aliphatic rings. The van der Waals surface area contributed by atoms with Crippen molar-refractivity contribution in [1.82, 2.24) is 10.3 Å². The van der Waals surface area contributed by atoms with Crippen molar-refractivity contribution in [1.29, 1.82) is 0 Å². The van der Waals surface area contributed by atoms with E-state index in [1.807, 2.05) is 18.2 Å². The zero-order valence-corrected chi connectivity index (χ0v) is 16.2. The molecular weight excluding hydrogens is 393 g/mol. The van der Waals surface area contributed by atoms with E-state index in [0.717, 1.165) is 29.7 Å². The van der Waals surface area contributed by atoms with Gasteiger partial charge in [-0.25, -0.2) is 9.18 Å². The van der Waals surface area contributed by atoms with Crippen LogP contribution in [0.4, 0.5) is 10.1 Å². The summed E-state index contributed by atoms with van der Waals surface area (Å²) in [4.78, 5) is 15.4. The number of fused-ring (bicyclic) bond motifs is 1. The van der Waals surface area contributed by atoms with Crippen LogP contribution in [0.25, 0.3) is 11.1 Å². The Morgan fingerprint density at radius 1 is 1.28 bits per heavy atom. The predicted molar refractivity (Wildman–Crippen MR) is 111 cm³/mol. The Hall–Kier alpha value is -2.96. The van der Waals surface area contributed by atoms with Gasteiger partial charge in [-0.3, -0.25) is 4.98 Å². The van der Waals surface area contributed by atoms with E-state index >= 15 is 0 Å². The second-order valence-corrected chi connectivity index (χ2v) is 7.34. The fourth-order valence-electron chi connectivity index (χ4n) is 3.66. The molecule has 1 aliphatic heterocycles. The van der Waals surface area contributed by atoms with Crippen molar-refractivity contribution < 1.29 is 14.3 Å². The number of hydrogen-bond acceptors (Lipinski definition) is 4. The van der Waals surface area contributed by atoms with E-state index in [1.165, 1.54) is 24.5 Å². The van der Waals surface area contributed by atoms with Gasteiger partial charge in [0.05, 0.1) is 17.4 Å². The van der Waals surface area contributed by atoms with Crippen LogP contribution >= 0.6 is 11.6 Å². The predicted octanol–water partition coefficient (Wildman–Crippen LogP) is 4.54. The summed E-state index contributed by atoms with van der Waals surface area (Å²) in [6.07, 6.45) is 3.81. The van der Waals surface area contributed by atoms with Gasteiger partial charge in [0.25, 0.3) is 0 Å². The molecule has 0 saturated heterocycles. The minimum Gasteiger partial charge on any atom is -0.478 e. The summed E-state index contributed by atoms with van der Waals surface area (Å²) in [6, 6.07) is 12.1. The van der Waals surface area contributed by atoms with Gasteiger partial charge in [0.15, 0.2) is 0 Å². The van der Waals surface area contributed by atoms with Crippen molar-refractivity contribution in [2.24, 2.45) is 0 Å². The Balaban J connectivity index is 1.57. The first-order valence-electron chi connectivity index (χ1n) is 9.26. The van der Waals surface area contributed by atoms with Crippen molar-refractivity contribution in [3.05, 3.63) is 82.4 Å². The quantitative estimate of drug-likeness (QED) is 0.574. The largest absolute Gasteiger partial charge is 0.478 e. The van der Waals surface area contributed by atoms with Crippen molar-refractivity contribution in [3.8, 4) is 11.1 Å². The summed E-state index contributed by atoms with van der Waals surface area (Å²) < 4.78 is 14.3. The second-order valence-electron chi connectivity index (χ2n) is 6.90. The molecule has 5 nitrogen and oxygen atoms in total. The van der Waals surface area contributed by atoms with Crippen LogP contribution in [-0.4, -0.2) is 29.1 Å². The van der Waals surface area contributed by atoms with Gasteiger partial charge in [0.2, 0.25) is 0 Å². The fourth-order valence-corrected chi connectivity index (χ4v) is 3.82. The van der Waals surface area contributed by atoms with Crippen molar-refractivity contribution in [3.63, 3.8) is 0 Å². The van der Waals surface area contributed by atoms with Crippen molar-refractivity contribution in [2.75, 3.05) is 18.4 Å². The van der Waals surface area contributed by atoms with E-state index in [9.17, 15) is 14.3 Å². The van der Waals surface area contributed by atoms with Gasteiger partial charge in [-0.2, -0.15) is 0 Å². The Bertz CT molecular complexity index is 1070. The number of hydrogen-bond donors (Lipinski definition) is 3. The number of rotatable bonds is 5. The molecule has 4 rings (SSSR count). The van der Waals surface area contributed by atoms with E-state index in [1.54, 1.807) is 12.1 Å².